The van der Waals surface area contributed by atoms with Gasteiger partial charge < -0.3 is 14.7 Å². The zero-order valence-electron chi connectivity index (χ0n) is 15.2. The Bertz CT molecular complexity index is 628. The quantitative estimate of drug-likeness (QED) is 0.768. The summed E-state index contributed by atoms with van der Waals surface area (Å²) in [6.07, 6.45) is 4.74. The highest BCUT2D eigenvalue weighted by molar-refractivity contribution is 5.86. The van der Waals surface area contributed by atoms with Gasteiger partial charge in [0.15, 0.2) is 0 Å². The van der Waals surface area contributed by atoms with E-state index in [1.54, 1.807) is 4.90 Å². The third-order valence-corrected chi connectivity index (χ3v) is 5.26. The van der Waals surface area contributed by atoms with Crippen molar-refractivity contribution < 1.29 is 19.4 Å². The fourth-order valence-corrected chi connectivity index (χ4v) is 3.68. The summed E-state index contributed by atoms with van der Waals surface area (Å²) in [6, 6.07) is 7.97. The van der Waals surface area contributed by atoms with Crippen LogP contribution in [0.15, 0.2) is 24.3 Å². The molecule has 1 aromatic rings. The molecule has 2 aliphatic heterocycles. The van der Waals surface area contributed by atoms with E-state index in [0.717, 1.165) is 17.9 Å². The van der Waals surface area contributed by atoms with Gasteiger partial charge >= 0.3 is 5.97 Å². The fraction of sp³-hybridized carbons (Fsp3) is 0.600. The highest BCUT2D eigenvalue weighted by atomic mass is 16.5. The Balaban J connectivity index is 1.43. The van der Waals surface area contributed by atoms with E-state index in [9.17, 15) is 9.59 Å². The number of hydrogen-bond donors (Lipinski definition) is 1. The first-order valence-corrected chi connectivity index (χ1v) is 9.56. The average Bonchev–Trinajstić information content (AvgIpc) is 3.02. The number of carboxylic acids is 1. The SMILES string of the molecule is O=C(O)C1CC(=O)N(CCc2cccc(OCCN3CCCCC3)c2)C1. The predicted molar refractivity (Wildman–Crippen MR) is 98.3 cm³/mol. The molecule has 26 heavy (non-hydrogen) atoms. The number of carboxylic acid groups (broad SMARTS) is 1. The van der Waals surface area contributed by atoms with Crippen LogP contribution in [0.2, 0.25) is 0 Å². The lowest BCUT2D eigenvalue weighted by molar-refractivity contribution is -0.141. The monoisotopic (exact) mass is 360 g/mol. The van der Waals surface area contributed by atoms with Crippen LogP contribution in [0.1, 0.15) is 31.2 Å². The van der Waals surface area contributed by atoms with E-state index in [1.807, 2.05) is 24.3 Å². The molecule has 0 aliphatic carbocycles. The van der Waals surface area contributed by atoms with E-state index in [2.05, 4.69) is 4.90 Å². The number of piperidine rings is 1. The van der Waals surface area contributed by atoms with E-state index in [-0.39, 0.29) is 12.3 Å². The third-order valence-electron chi connectivity index (χ3n) is 5.26. The van der Waals surface area contributed by atoms with Crippen LogP contribution < -0.4 is 4.74 Å². The second-order valence-corrected chi connectivity index (χ2v) is 7.23. The second-order valence-electron chi connectivity index (χ2n) is 7.23. The summed E-state index contributed by atoms with van der Waals surface area (Å²) in [5.41, 5.74) is 1.10. The van der Waals surface area contributed by atoms with Crippen LogP contribution in [0.4, 0.5) is 0 Å². The summed E-state index contributed by atoms with van der Waals surface area (Å²) in [7, 11) is 0. The number of carbonyl (C=O) groups excluding carboxylic acids is 1. The van der Waals surface area contributed by atoms with Crippen LogP contribution >= 0.6 is 0 Å². The molecule has 6 heteroatoms. The summed E-state index contributed by atoms with van der Waals surface area (Å²) in [5, 5.41) is 9.05. The molecular formula is C20H28N2O4. The highest BCUT2D eigenvalue weighted by Crippen LogP contribution is 2.20. The Morgan fingerprint density at radius 1 is 1.19 bits per heavy atom. The van der Waals surface area contributed by atoms with Crippen LogP contribution in [-0.2, 0) is 16.0 Å². The van der Waals surface area contributed by atoms with Gasteiger partial charge in [-0.15, -0.1) is 0 Å². The summed E-state index contributed by atoms with van der Waals surface area (Å²) in [6.45, 7) is 4.87. The molecule has 1 N–H and O–H groups in total. The number of aliphatic carboxylic acids is 1. The van der Waals surface area contributed by atoms with E-state index in [0.29, 0.717) is 26.1 Å². The van der Waals surface area contributed by atoms with Crippen LogP contribution in [0.25, 0.3) is 0 Å². The summed E-state index contributed by atoms with van der Waals surface area (Å²) >= 11 is 0. The first-order valence-electron chi connectivity index (χ1n) is 9.56. The van der Waals surface area contributed by atoms with Gasteiger partial charge in [-0.2, -0.15) is 0 Å². The smallest absolute Gasteiger partial charge is 0.308 e. The Morgan fingerprint density at radius 2 is 2.00 bits per heavy atom. The van der Waals surface area contributed by atoms with Gasteiger partial charge in [0.25, 0.3) is 0 Å². The van der Waals surface area contributed by atoms with Crippen molar-refractivity contribution in [2.45, 2.75) is 32.1 Å². The molecule has 0 radical (unpaired) electrons. The van der Waals surface area contributed by atoms with Crippen molar-refractivity contribution in [1.29, 1.82) is 0 Å². The van der Waals surface area contributed by atoms with Crippen molar-refractivity contribution in [2.24, 2.45) is 5.92 Å². The molecule has 2 fully saturated rings. The molecule has 1 atom stereocenters. The highest BCUT2D eigenvalue weighted by Gasteiger charge is 2.33. The summed E-state index contributed by atoms with van der Waals surface area (Å²) in [4.78, 5) is 27.0. The average molecular weight is 360 g/mol. The van der Waals surface area contributed by atoms with E-state index < -0.39 is 11.9 Å². The van der Waals surface area contributed by atoms with E-state index >= 15 is 0 Å². The Labute approximate surface area is 154 Å². The minimum Gasteiger partial charge on any atom is -0.492 e. The van der Waals surface area contributed by atoms with E-state index in [1.165, 1.54) is 32.4 Å². The molecule has 1 amide bonds. The van der Waals surface area contributed by atoms with Gasteiger partial charge in [-0.3, -0.25) is 14.5 Å². The summed E-state index contributed by atoms with van der Waals surface area (Å²) in [5.74, 6) is -0.654. The van der Waals surface area contributed by atoms with Crippen molar-refractivity contribution in [3.8, 4) is 5.75 Å². The lowest BCUT2D eigenvalue weighted by atomic mass is 10.1. The molecule has 0 saturated carbocycles. The predicted octanol–water partition coefficient (Wildman–Crippen LogP) is 2.03. The maximum atomic E-state index is 11.9. The number of hydrogen-bond acceptors (Lipinski definition) is 4. The second kappa shape index (κ2) is 9.03. The maximum Gasteiger partial charge on any atom is 0.308 e. The Hall–Kier alpha value is -2.08. The van der Waals surface area contributed by atoms with Crippen molar-refractivity contribution in [2.75, 3.05) is 39.3 Å². The van der Waals surface area contributed by atoms with Crippen LogP contribution in [-0.4, -0.2) is 66.1 Å². The van der Waals surface area contributed by atoms with Crippen molar-refractivity contribution >= 4 is 11.9 Å². The molecule has 2 aliphatic rings. The number of benzene rings is 1. The maximum absolute atomic E-state index is 11.9. The lowest BCUT2D eigenvalue weighted by Crippen LogP contribution is -2.33. The molecular weight excluding hydrogens is 332 g/mol. The summed E-state index contributed by atoms with van der Waals surface area (Å²) < 4.78 is 5.89. The van der Waals surface area contributed by atoms with Crippen LogP contribution in [0.5, 0.6) is 5.75 Å². The number of ether oxygens (including phenoxy) is 1. The number of nitrogens with zero attached hydrogens (tertiary/aromatic N) is 2. The van der Waals surface area contributed by atoms with E-state index in [4.69, 9.17) is 9.84 Å². The minimum atomic E-state index is -0.884. The molecule has 2 heterocycles. The lowest BCUT2D eigenvalue weighted by Gasteiger charge is -2.26. The number of amides is 1. The normalized spacial score (nSPS) is 21.2. The molecule has 0 spiro atoms. The number of rotatable bonds is 8. The van der Waals surface area contributed by atoms with Crippen LogP contribution in [0, 0.1) is 5.92 Å². The molecule has 2 saturated heterocycles. The zero-order valence-corrected chi connectivity index (χ0v) is 15.2. The van der Waals surface area contributed by atoms with Gasteiger partial charge in [0, 0.05) is 26.1 Å². The van der Waals surface area contributed by atoms with Gasteiger partial charge in [0.2, 0.25) is 5.91 Å². The molecule has 142 valence electrons. The molecule has 6 nitrogen and oxygen atoms in total. The first kappa shape index (κ1) is 18.7. The van der Waals surface area contributed by atoms with Crippen molar-refractivity contribution in [1.82, 2.24) is 9.80 Å². The fourth-order valence-electron chi connectivity index (χ4n) is 3.68. The van der Waals surface area contributed by atoms with Crippen molar-refractivity contribution in [3.05, 3.63) is 29.8 Å². The largest absolute Gasteiger partial charge is 0.492 e. The third kappa shape index (κ3) is 5.21. The number of likely N-dealkylation sites (tertiary alicyclic amines) is 2. The van der Waals surface area contributed by atoms with Crippen molar-refractivity contribution in [3.63, 3.8) is 0 Å². The van der Waals surface area contributed by atoms with Gasteiger partial charge in [-0.05, 0) is 50.0 Å². The first-order chi connectivity index (χ1) is 12.6. The molecule has 1 unspecified atom stereocenters. The molecule has 3 rings (SSSR count). The van der Waals surface area contributed by atoms with Gasteiger partial charge in [0.1, 0.15) is 12.4 Å². The molecule has 0 aromatic heterocycles. The Morgan fingerprint density at radius 3 is 2.73 bits per heavy atom. The van der Waals surface area contributed by atoms with Gasteiger partial charge in [-0.25, -0.2) is 0 Å². The Kier molecular flexibility index (Phi) is 6.50. The van der Waals surface area contributed by atoms with Gasteiger partial charge in [-0.1, -0.05) is 18.6 Å². The minimum absolute atomic E-state index is 0.0636. The topological polar surface area (TPSA) is 70.1 Å². The number of carbonyl (C=O) groups is 2. The molecule has 0 bridgehead atoms. The standard InChI is InChI=1S/C20H28N2O4/c23-19-14-17(20(24)25)15-22(19)10-7-16-5-4-6-18(13-16)26-12-11-21-8-2-1-3-9-21/h4-6,13,17H,1-3,7-12,14-15H2,(H,24,25). The van der Waals surface area contributed by atoms with Crippen LogP contribution in [0.3, 0.4) is 0 Å². The zero-order chi connectivity index (χ0) is 18.4. The van der Waals surface area contributed by atoms with Gasteiger partial charge in [0.05, 0.1) is 5.92 Å². The molecule has 1 aromatic carbocycles.